The lowest BCUT2D eigenvalue weighted by Gasteiger charge is -2.14. The van der Waals surface area contributed by atoms with Gasteiger partial charge in [0.05, 0.1) is 6.54 Å². The number of halogens is 2. The molecule has 2 N–H and O–H groups in total. The normalized spacial score (nSPS) is 10.6. The molecule has 5 nitrogen and oxygen atoms in total. The first-order valence-electron chi connectivity index (χ1n) is 7.14. The second-order valence-corrected chi connectivity index (χ2v) is 5.82. The second-order valence-electron chi connectivity index (χ2n) is 5.00. The summed E-state index contributed by atoms with van der Waals surface area (Å²) < 4.78 is 21.5. The highest BCUT2D eigenvalue weighted by molar-refractivity contribution is 7.71. The van der Waals surface area contributed by atoms with Crippen LogP contribution in [0.3, 0.4) is 0 Å². The Bertz CT molecular complexity index is 896. The van der Waals surface area contributed by atoms with Crippen LogP contribution in [0.15, 0.2) is 48.8 Å². The van der Waals surface area contributed by atoms with Gasteiger partial charge in [-0.15, -0.1) is 0 Å². The summed E-state index contributed by atoms with van der Waals surface area (Å²) in [6, 6.07) is 11.8. The summed E-state index contributed by atoms with van der Waals surface area (Å²) in [4.78, 5) is 0. The minimum Gasteiger partial charge on any atom is -0.488 e. The van der Waals surface area contributed by atoms with Crippen molar-refractivity contribution in [3.63, 3.8) is 0 Å². The van der Waals surface area contributed by atoms with Crippen LogP contribution in [-0.4, -0.2) is 14.9 Å². The summed E-state index contributed by atoms with van der Waals surface area (Å²) in [6.07, 6.45) is 1.53. The Kier molecular flexibility index (Phi) is 5.12. The van der Waals surface area contributed by atoms with E-state index in [-0.39, 0.29) is 12.4 Å². The van der Waals surface area contributed by atoms with Crippen molar-refractivity contribution in [3.8, 4) is 5.75 Å². The van der Waals surface area contributed by atoms with Crippen LogP contribution in [0.4, 0.5) is 4.39 Å². The topological polar surface area (TPSA) is 54.9 Å². The van der Waals surface area contributed by atoms with E-state index in [0.29, 0.717) is 27.7 Å². The van der Waals surface area contributed by atoms with E-state index in [0.717, 1.165) is 5.56 Å². The zero-order valence-corrected chi connectivity index (χ0v) is 14.1. The Morgan fingerprint density at radius 1 is 1.25 bits per heavy atom. The van der Waals surface area contributed by atoms with Crippen molar-refractivity contribution in [2.45, 2.75) is 13.2 Å². The van der Waals surface area contributed by atoms with Crippen LogP contribution in [0.1, 0.15) is 11.1 Å². The molecule has 0 amide bonds. The molecule has 0 aliphatic carbocycles. The third-order valence-corrected chi connectivity index (χ3v) is 3.88. The van der Waals surface area contributed by atoms with Gasteiger partial charge in [-0.3, -0.25) is 5.10 Å². The smallest absolute Gasteiger partial charge is 0.214 e. The van der Waals surface area contributed by atoms with Gasteiger partial charge in [0.25, 0.3) is 0 Å². The Labute approximate surface area is 148 Å². The zero-order valence-electron chi connectivity index (χ0n) is 12.5. The van der Waals surface area contributed by atoms with Gasteiger partial charge in [-0.1, -0.05) is 29.8 Å². The first-order chi connectivity index (χ1) is 11.6. The maximum Gasteiger partial charge on any atom is 0.214 e. The van der Waals surface area contributed by atoms with Crippen LogP contribution >= 0.6 is 23.8 Å². The highest BCUT2D eigenvalue weighted by Crippen LogP contribution is 2.24. The van der Waals surface area contributed by atoms with E-state index < -0.39 is 0 Å². The minimum absolute atomic E-state index is 0.131. The predicted molar refractivity (Wildman–Crippen MR) is 92.7 cm³/mol. The van der Waals surface area contributed by atoms with E-state index in [1.165, 1.54) is 12.4 Å². The van der Waals surface area contributed by atoms with Gasteiger partial charge in [-0.05, 0) is 36.5 Å². The molecule has 0 aliphatic heterocycles. The second kappa shape index (κ2) is 7.46. The summed E-state index contributed by atoms with van der Waals surface area (Å²) in [6.45, 7) is 0.549. The van der Waals surface area contributed by atoms with Crippen LogP contribution in [0.2, 0.25) is 5.02 Å². The molecule has 0 bridgehead atoms. The van der Waals surface area contributed by atoms with Crippen LogP contribution < -0.4 is 10.2 Å². The standard InChI is InChI=1S/C16H14ClFN4OS/c17-13-5-6-15(23-9-11-3-1-2-4-14(11)18)12(7-13)8-20-22-10-19-21-16(22)24/h1-7,10,20H,8-9H2,(H,21,24). The van der Waals surface area contributed by atoms with Crippen LogP contribution in [0.5, 0.6) is 5.75 Å². The highest BCUT2D eigenvalue weighted by Gasteiger charge is 2.08. The fraction of sp³-hybridized carbons (Fsp3) is 0.125. The summed E-state index contributed by atoms with van der Waals surface area (Å²) in [7, 11) is 0. The quantitative estimate of drug-likeness (QED) is 0.648. The number of aromatic amines is 1. The minimum atomic E-state index is -0.296. The Morgan fingerprint density at radius 3 is 2.83 bits per heavy atom. The van der Waals surface area contributed by atoms with E-state index in [1.54, 1.807) is 41.1 Å². The van der Waals surface area contributed by atoms with Crippen LogP contribution in [0, 0.1) is 10.6 Å². The predicted octanol–water partition coefficient (Wildman–Crippen LogP) is 4.06. The number of hydrogen-bond donors (Lipinski definition) is 2. The molecule has 0 spiro atoms. The zero-order chi connectivity index (χ0) is 16.9. The van der Waals surface area contributed by atoms with Crippen molar-refractivity contribution in [1.82, 2.24) is 14.9 Å². The fourth-order valence-corrected chi connectivity index (χ4v) is 2.49. The number of benzene rings is 2. The summed E-state index contributed by atoms with van der Waals surface area (Å²) >= 11 is 11.1. The lowest BCUT2D eigenvalue weighted by atomic mass is 10.2. The highest BCUT2D eigenvalue weighted by atomic mass is 35.5. The lowest BCUT2D eigenvalue weighted by molar-refractivity contribution is 0.297. The largest absolute Gasteiger partial charge is 0.488 e. The van der Waals surface area contributed by atoms with Gasteiger partial charge < -0.3 is 10.2 Å². The van der Waals surface area contributed by atoms with Crippen LogP contribution in [0.25, 0.3) is 0 Å². The third kappa shape index (κ3) is 3.93. The van der Waals surface area contributed by atoms with Gasteiger partial charge >= 0.3 is 0 Å². The number of ether oxygens (including phenoxy) is 1. The van der Waals surface area contributed by atoms with Crippen LogP contribution in [-0.2, 0) is 13.2 Å². The van der Waals surface area contributed by atoms with Gasteiger partial charge in [-0.25, -0.2) is 9.07 Å². The SMILES string of the molecule is Fc1ccccc1COc1ccc(Cl)cc1CNn1cn[nH]c1=S. The van der Waals surface area contributed by atoms with Gasteiger partial charge in [0.1, 0.15) is 24.5 Å². The molecular weight excluding hydrogens is 351 g/mol. The molecule has 0 radical (unpaired) electrons. The van der Waals surface area contributed by atoms with Crippen molar-refractivity contribution < 1.29 is 9.13 Å². The van der Waals surface area contributed by atoms with Crippen molar-refractivity contribution in [2.75, 3.05) is 5.43 Å². The number of aromatic nitrogens is 3. The van der Waals surface area contributed by atoms with Gasteiger partial charge in [-0.2, -0.15) is 5.10 Å². The average molecular weight is 365 g/mol. The summed E-state index contributed by atoms with van der Waals surface area (Å²) in [5.74, 6) is 0.320. The average Bonchev–Trinajstić information content (AvgIpc) is 2.98. The molecule has 8 heteroatoms. The van der Waals surface area contributed by atoms with E-state index >= 15 is 0 Å². The molecule has 0 aliphatic rings. The lowest BCUT2D eigenvalue weighted by Crippen LogP contribution is -2.14. The molecular formula is C16H14ClFN4OS. The molecule has 1 heterocycles. The molecule has 0 unspecified atom stereocenters. The van der Waals surface area contributed by atoms with Crippen molar-refractivity contribution in [3.05, 3.63) is 75.5 Å². The number of nitrogens with one attached hydrogen (secondary N) is 2. The molecule has 2 aromatic carbocycles. The first-order valence-corrected chi connectivity index (χ1v) is 7.92. The fourth-order valence-electron chi connectivity index (χ4n) is 2.13. The number of hydrogen-bond acceptors (Lipinski definition) is 4. The Balaban J connectivity index is 1.74. The maximum atomic E-state index is 13.7. The molecule has 0 atom stereocenters. The molecule has 124 valence electrons. The van der Waals surface area contributed by atoms with E-state index in [4.69, 9.17) is 28.6 Å². The van der Waals surface area contributed by atoms with Gasteiger partial charge in [0, 0.05) is 16.1 Å². The number of rotatable bonds is 6. The summed E-state index contributed by atoms with van der Waals surface area (Å²) in [5.41, 5.74) is 4.40. The molecule has 24 heavy (non-hydrogen) atoms. The van der Waals surface area contributed by atoms with Crippen molar-refractivity contribution >= 4 is 23.8 Å². The summed E-state index contributed by atoms with van der Waals surface area (Å²) in [5, 5.41) is 7.07. The van der Waals surface area contributed by atoms with Crippen molar-refractivity contribution in [1.29, 1.82) is 0 Å². The molecule has 3 rings (SSSR count). The van der Waals surface area contributed by atoms with Gasteiger partial charge in [0.2, 0.25) is 4.77 Å². The molecule has 0 fully saturated rings. The molecule has 1 aromatic heterocycles. The maximum absolute atomic E-state index is 13.7. The molecule has 0 saturated carbocycles. The third-order valence-electron chi connectivity index (χ3n) is 3.36. The van der Waals surface area contributed by atoms with E-state index in [9.17, 15) is 4.39 Å². The Morgan fingerprint density at radius 2 is 2.08 bits per heavy atom. The number of nitrogens with zero attached hydrogens (tertiary/aromatic N) is 2. The number of H-pyrrole nitrogens is 1. The van der Waals surface area contributed by atoms with E-state index in [1.807, 2.05) is 0 Å². The van der Waals surface area contributed by atoms with Crippen molar-refractivity contribution in [2.24, 2.45) is 0 Å². The Hall–Kier alpha value is -2.38. The van der Waals surface area contributed by atoms with Gasteiger partial charge in [0.15, 0.2) is 0 Å². The molecule has 3 aromatic rings. The monoisotopic (exact) mass is 364 g/mol. The van der Waals surface area contributed by atoms with E-state index in [2.05, 4.69) is 15.6 Å². The molecule has 0 saturated heterocycles. The first kappa shape index (κ1) is 16.5.